The van der Waals surface area contributed by atoms with Crippen LogP contribution in [0.1, 0.15) is 44.5 Å². The van der Waals surface area contributed by atoms with E-state index >= 15 is 0 Å². The van der Waals surface area contributed by atoms with Gasteiger partial charge in [-0.2, -0.15) is 13.7 Å². The minimum atomic E-state index is -1.65. The van der Waals surface area contributed by atoms with E-state index in [2.05, 4.69) is 283 Å². The zero-order chi connectivity index (χ0) is 66.2. The number of para-hydroxylation sites is 2. The lowest BCUT2D eigenvalue weighted by Crippen LogP contribution is -2.44. The summed E-state index contributed by atoms with van der Waals surface area (Å²) in [6.07, 6.45) is 0. The smallest absolute Gasteiger partial charge is 0.216 e. The Balaban J connectivity index is 0.000000127. The lowest BCUT2D eigenvalue weighted by molar-refractivity contribution is -0.633. The van der Waals surface area contributed by atoms with Crippen molar-refractivity contribution in [2.24, 2.45) is 21.1 Å². The molecule has 468 valence electrons. The van der Waals surface area contributed by atoms with Crippen molar-refractivity contribution in [1.82, 2.24) is 0 Å². The molecule has 0 unspecified atom stereocenters. The number of nitrogens with zero attached hydrogens (tertiary/aromatic N) is 3. The highest BCUT2D eigenvalue weighted by atomic mass is 28.3. The minimum Gasteiger partial charge on any atom is -0.455 e. The number of fused-ring (bicyclic) bond motifs is 12. The zero-order valence-corrected chi connectivity index (χ0v) is 61.0. The van der Waals surface area contributed by atoms with Crippen LogP contribution in [0, 0.1) is 61.2 Å². The van der Waals surface area contributed by atoms with E-state index in [4.69, 9.17) is 13.3 Å². The van der Waals surface area contributed by atoms with Crippen LogP contribution >= 0.6 is 0 Å². The number of hydrogen-bond donors (Lipinski definition) is 0. The van der Waals surface area contributed by atoms with E-state index in [-0.39, 0.29) is 5.82 Å². The Kier molecular flexibility index (Phi) is 15.6. The first-order valence-corrected chi connectivity index (χ1v) is 43.3. The van der Waals surface area contributed by atoms with E-state index in [1.807, 2.05) is 18.2 Å². The maximum atomic E-state index is 13.9. The van der Waals surface area contributed by atoms with Crippen LogP contribution in [0.25, 0.3) is 132 Å². The number of benzene rings is 9. The molecule has 0 atom stereocenters. The van der Waals surface area contributed by atoms with Gasteiger partial charge in [-0.15, -0.1) is 0 Å². The van der Waals surface area contributed by atoms with Crippen molar-refractivity contribution in [2.75, 3.05) is 0 Å². The van der Waals surface area contributed by atoms with E-state index < -0.39 is 24.2 Å². The molecule has 6 heterocycles. The highest BCUT2D eigenvalue weighted by Gasteiger charge is 2.34. The number of aryl methyl sites for hydroxylation is 9. The summed E-state index contributed by atoms with van der Waals surface area (Å²) in [5.74, 6) is -0.278. The molecule has 6 nitrogen and oxygen atoms in total. The van der Waals surface area contributed by atoms with Gasteiger partial charge >= 0.3 is 0 Å². The molecule has 0 aliphatic rings. The second-order valence-electron chi connectivity index (χ2n) is 29.4. The molecular formula is C83H87FN3O3Si3+3. The Bertz CT molecular complexity index is 5610. The Morgan fingerprint density at radius 2 is 0.645 bits per heavy atom. The fourth-order valence-electron chi connectivity index (χ4n) is 14.7. The summed E-state index contributed by atoms with van der Waals surface area (Å²) >= 11 is 0. The molecule has 0 radical (unpaired) electrons. The normalized spacial score (nSPS) is 12.4. The van der Waals surface area contributed by atoms with Gasteiger partial charge in [0.1, 0.15) is 60.5 Å². The monoisotopic (exact) mass is 1280 g/mol. The van der Waals surface area contributed by atoms with E-state index in [9.17, 15) is 4.39 Å². The minimum absolute atomic E-state index is 0.278. The van der Waals surface area contributed by atoms with Crippen molar-refractivity contribution in [2.45, 2.75) is 114 Å². The van der Waals surface area contributed by atoms with E-state index in [1.54, 1.807) is 0 Å². The fraction of sp³-hybridized carbons (Fsp3) is 0.241. The van der Waals surface area contributed by atoms with Crippen LogP contribution in [0.5, 0.6) is 0 Å². The molecule has 0 spiro atoms. The molecule has 0 saturated heterocycles. The molecule has 93 heavy (non-hydrogen) atoms. The fourth-order valence-corrected chi connectivity index (χ4v) is 19.6. The van der Waals surface area contributed by atoms with Gasteiger partial charge in [-0.05, 0) is 152 Å². The zero-order valence-electron chi connectivity index (χ0n) is 58.0. The van der Waals surface area contributed by atoms with Crippen LogP contribution in [-0.4, -0.2) is 24.2 Å². The van der Waals surface area contributed by atoms with Gasteiger partial charge in [-0.25, -0.2) is 4.39 Å². The third-order valence-electron chi connectivity index (χ3n) is 20.0. The van der Waals surface area contributed by atoms with Gasteiger partial charge in [-0.3, -0.25) is 0 Å². The van der Waals surface area contributed by atoms with Crippen LogP contribution in [0.15, 0.2) is 177 Å². The van der Waals surface area contributed by atoms with Crippen molar-refractivity contribution < 1.29 is 31.3 Å². The Labute approximate surface area is 549 Å². The SMILES string of the molecule is Cc1cc2c(oc3cc(F)ccc32)c(-c2cc([Si](C)(C)C)c3c(C)cccc3[n+]2C)c1C.Cc1cc2c(oc3ccccc32)c(-c2cc([Si](C)(C)C)c3c(C)cccc3[n+]2C)c1C.Cc1ccc2c(oc3ccccc32)c1-c1cc([Si](C)(C)C)c2c(C)cccc2[n+]1C. The highest BCUT2D eigenvalue weighted by Crippen LogP contribution is 2.42. The number of hydrogen-bond acceptors (Lipinski definition) is 3. The Hall–Kier alpha value is -8.81. The topological polar surface area (TPSA) is 51.1 Å². The van der Waals surface area contributed by atoms with Crippen LogP contribution < -0.4 is 29.3 Å². The molecule has 10 heteroatoms. The molecule has 6 aromatic heterocycles. The standard InChI is InChI=1S/C28H29FNOSi.C28H30NOSi.C27H28NOSi/c1-16-9-8-10-22-26(16)25(32(5,6)7)15-23(30(22)4)27-18(3)17(2)13-21-20-12-11-19(29)14-24(20)31-28(21)27;1-17-11-10-13-22-26(17)25(31(5,6)7)16-23(29(22)4)27-19(3)18(2)15-21-20-12-8-9-14-24(20)30-28(21)27;1-17-10-9-12-21-25(17)24(30(4,5)6)16-22(28(21)3)26-18(2)14-15-20-19-11-7-8-13-23(19)29-27(20)26/h8-15H,1-7H3;8-16H,1-7H3;7-16H,1-6H3/q3*+1. The lowest BCUT2D eigenvalue weighted by atomic mass is 9.95. The Morgan fingerprint density at radius 3 is 1.05 bits per heavy atom. The third-order valence-corrected chi connectivity index (χ3v) is 26.0. The van der Waals surface area contributed by atoms with Gasteiger partial charge in [0.15, 0.2) is 0 Å². The van der Waals surface area contributed by atoms with Gasteiger partial charge in [-0.1, -0.05) is 144 Å². The summed E-state index contributed by atoms with van der Waals surface area (Å²) in [5, 5.41) is 15.4. The van der Waals surface area contributed by atoms with Gasteiger partial charge in [0, 0.05) is 90.9 Å². The highest BCUT2D eigenvalue weighted by molar-refractivity contribution is 6.91. The maximum absolute atomic E-state index is 13.9. The first-order valence-electron chi connectivity index (χ1n) is 32.8. The summed E-state index contributed by atoms with van der Waals surface area (Å²) < 4.78 is 40.2. The van der Waals surface area contributed by atoms with E-state index in [0.29, 0.717) is 5.58 Å². The van der Waals surface area contributed by atoms with Crippen LogP contribution in [0.2, 0.25) is 58.9 Å². The number of rotatable bonds is 6. The predicted octanol–water partition coefficient (Wildman–Crippen LogP) is 19.9. The quantitative estimate of drug-likeness (QED) is 0.123. The molecular weight excluding hydrogens is 1190 g/mol. The van der Waals surface area contributed by atoms with Crippen molar-refractivity contribution in [3.8, 4) is 33.8 Å². The van der Waals surface area contributed by atoms with Crippen molar-refractivity contribution in [3.63, 3.8) is 0 Å². The van der Waals surface area contributed by atoms with Crippen molar-refractivity contribution in [3.05, 3.63) is 214 Å². The summed E-state index contributed by atoms with van der Waals surface area (Å²) in [6.45, 7) is 39.5. The largest absolute Gasteiger partial charge is 0.455 e. The molecule has 0 bridgehead atoms. The Morgan fingerprint density at radius 1 is 0.301 bits per heavy atom. The van der Waals surface area contributed by atoms with E-state index in [1.165, 1.54) is 149 Å². The second kappa shape index (κ2) is 23.0. The van der Waals surface area contributed by atoms with Crippen LogP contribution in [-0.2, 0) is 21.1 Å². The molecule has 0 fully saturated rings. The summed E-state index contributed by atoms with van der Waals surface area (Å²) in [6, 6.07) is 57.6. The van der Waals surface area contributed by atoms with Gasteiger partial charge in [0.05, 0.1) is 40.9 Å². The summed E-state index contributed by atoms with van der Waals surface area (Å²) in [4.78, 5) is 0. The number of pyridine rings is 3. The van der Waals surface area contributed by atoms with Crippen LogP contribution in [0.4, 0.5) is 4.39 Å². The first-order chi connectivity index (χ1) is 44.0. The van der Waals surface area contributed by atoms with Crippen molar-refractivity contribution >= 4 is 138 Å². The van der Waals surface area contributed by atoms with Gasteiger partial charge < -0.3 is 13.3 Å². The molecule has 9 aromatic carbocycles. The van der Waals surface area contributed by atoms with Gasteiger partial charge in [0.2, 0.25) is 33.6 Å². The predicted molar refractivity (Wildman–Crippen MR) is 400 cm³/mol. The average Bonchev–Trinajstić information content (AvgIpc) is 1.73. The third kappa shape index (κ3) is 10.6. The van der Waals surface area contributed by atoms with Crippen molar-refractivity contribution in [1.29, 1.82) is 0 Å². The van der Waals surface area contributed by atoms with Crippen LogP contribution in [0.3, 0.4) is 0 Å². The molecule has 15 aromatic rings. The lowest BCUT2D eigenvalue weighted by Gasteiger charge is -2.21. The maximum Gasteiger partial charge on any atom is 0.216 e. The number of halogens is 1. The molecule has 15 rings (SSSR count). The molecule has 0 aliphatic heterocycles. The molecule has 0 N–H and O–H groups in total. The average molecular weight is 1280 g/mol. The number of aromatic nitrogens is 3. The van der Waals surface area contributed by atoms with Gasteiger partial charge in [0.25, 0.3) is 0 Å². The summed E-state index contributed by atoms with van der Waals surface area (Å²) in [5.41, 5.74) is 26.5. The molecule has 0 aliphatic carbocycles. The molecule has 0 saturated carbocycles. The first kappa shape index (κ1) is 63.0. The summed E-state index contributed by atoms with van der Waals surface area (Å²) in [7, 11) is 1.71. The molecule has 0 amide bonds. The van der Waals surface area contributed by atoms with E-state index in [0.717, 1.165) is 49.9 Å². The number of furan rings is 3. The second-order valence-corrected chi connectivity index (χ2v) is 44.5.